The minimum atomic E-state index is -0.164. The van der Waals surface area contributed by atoms with Gasteiger partial charge in [0.25, 0.3) is 0 Å². The second-order valence-electron chi connectivity index (χ2n) is 3.63. The molecule has 0 aliphatic carbocycles. The van der Waals surface area contributed by atoms with Crippen LogP contribution in [0.5, 0.6) is 0 Å². The van der Waals surface area contributed by atoms with Crippen LogP contribution >= 0.6 is 0 Å². The molecule has 1 rings (SSSR count). The Labute approximate surface area is 78.1 Å². The zero-order chi connectivity index (χ0) is 10.0. The SMILES string of the molecule is CC1CCC(=O)N(C(C)CN)C1=O. The average Bonchev–Trinajstić information content (AvgIpc) is 2.12. The molecule has 2 atom stereocenters. The van der Waals surface area contributed by atoms with Gasteiger partial charge in [0.15, 0.2) is 0 Å². The molecule has 4 nitrogen and oxygen atoms in total. The lowest BCUT2D eigenvalue weighted by Gasteiger charge is -2.32. The predicted molar refractivity (Wildman–Crippen MR) is 48.8 cm³/mol. The Morgan fingerprint density at radius 1 is 1.62 bits per heavy atom. The van der Waals surface area contributed by atoms with Crippen LogP contribution in [0, 0.1) is 5.92 Å². The molecule has 1 saturated heterocycles. The van der Waals surface area contributed by atoms with Gasteiger partial charge in [0.1, 0.15) is 0 Å². The van der Waals surface area contributed by atoms with Crippen LogP contribution in [0.4, 0.5) is 0 Å². The van der Waals surface area contributed by atoms with E-state index >= 15 is 0 Å². The van der Waals surface area contributed by atoms with Crippen LogP contribution in [0.1, 0.15) is 26.7 Å². The first-order valence-corrected chi connectivity index (χ1v) is 4.64. The minimum absolute atomic E-state index is 0.0355. The number of nitrogens with zero attached hydrogens (tertiary/aromatic N) is 1. The van der Waals surface area contributed by atoms with Crippen molar-refractivity contribution in [2.45, 2.75) is 32.7 Å². The molecule has 0 bridgehead atoms. The van der Waals surface area contributed by atoms with Crippen LogP contribution in [0.3, 0.4) is 0 Å². The molecule has 0 aromatic heterocycles. The molecule has 2 unspecified atom stereocenters. The molecule has 2 N–H and O–H groups in total. The summed E-state index contributed by atoms with van der Waals surface area (Å²) >= 11 is 0. The van der Waals surface area contributed by atoms with Crippen LogP contribution in [0.25, 0.3) is 0 Å². The highest BCUT2D eigenvalue weighted by Gasteiger charge is 2.33. The monoisotopic (exact) mass is 184 g/mol. The van der Waals surface area contributed by atoms with Gasteiger partial charge >= 0.3 is 0 Å². The second kappa shape index (κ2) is 3.87. The van der Waals surface area contributed by atoms with Gasteiger partial charge in [-0.1, -0.05) is 6.92 Å². The standard InChI is InChI=1S/C9H16N2O2/c1-6-3-4-8(12)11(9(6)13)7(2)5-10/h6-7H,3-5,10H2,1-2H3. The van der Waals surface area contributed by atoms with Gasteiger partial charge < -0.3 is 5.73 Å². The number of likely N-dealkylation sites (tertiary alicyclic amines) is 1. The molecule has 2 amide bonds. The second-order valence-corrected chi connectivity index (χ2v) is 3.63. The molecule has 0 radical (unpaired) electrons. The molecule has 4 heteroatoms. The van der Waals surface area contributed by atoms with E-state index in [1.54, 1.807) is 6.92 Å². The molecule has 1 fully saturated rings. The van der Waals surface area contributed by atoms with Gasteiger partial charge in [-0.15, -0.1) is 0 Å². The van der Waals surface area contributed by atoms with E-state index in [-0.39, 0.29) is 23.8 Å². The number of hydrogen-bond acceptors (Lipinski definition) is 3. The number of carbonyl (C=O) groups excluding carboxylic acids is 2. The van der Waals surface area contributed by atoms with E-state index in [0.717, 1.165) is 0 Å². The Kier molecular flexibility index (Phi) is 3.03. The Hall–Kier alpha value is -0.900. The van der Waals surface area contributed by atoms with E-state index in [1.165, 1.54) is 4.90 Å². The first-order chi connectivity index (χ1) is 6.07. The summed E-state index contributed by atoms with van der Waals surface area (Å²) in [4.78, 5) is 24.3. The van der Waals surface area contributed by atoms with Gasteiger partial charge in [0, 0.05) is 24.9 Å². The Balaban J connectivity index is 2.78. The molecule has 13 heavy (non-hydrogen) atoms. The van der Waals surface area contributed by atoms with Gasteiger partial charge in [-0.3, -0.25) is 14.5 Å². The Bertz CT molecular complexity index is 228. The summed E-state index contributed by atoms with van der Waals surface area (Å²) in [6.07, 6.45) is 1.14. The zero-order valence-corrected chi connectivity index (χ0v) is 8.12. The van der Waals surface area contributed by atoms with Crippen LogP contribution in [-0.2, 0) is 9.59 Å². The third-order valence-electron chi connectivity index (χ3n) is 2.50. The Morgan fingerprint density at radius 2 is 2.23 bits per heavy atom. The summed E-state index contributed by atoms with van der Waals surface area (Å²) in [5.74, 6) is -0.193. The van der Waals surface area contributed by atoms with E-state index in [9.17, 15) is 9.59 Å². The number of carbonyl (C=O) groups is 2. The largest absolute Gasteiger partial charge is 0.328 e. The van der Waals surface area contributed by atoms with Crippen molar-refractivity contribution in [3.8, 4) is 0 Å². The van der Waals surface area contributed by atoms with Crippen molar-refractivity contribution < 1.29 is 9.59 Å². The number of amides is 2. The molecule has 0 aromatic rings. The van der Waals surface area contributed by atoms with E-state index in [4.69, 9.17) is 5.73 Å². The van der Waals surface area contributed by atoms with Gasteiger partial charge in [-0.25, -0.2) is 0 Å². The third-order valence-corrected chi connectivity index (χ3v) is 2.50. The van der Waals surface area contributed by atoms with Gasteiger partial charge in [0.05, 0.1) is 0 Å². The summed E-state index contributed by atoms with van der Waals surface area (Å²) in [5.41, 5.74) is 5.43. The lowest BCUT2D eigenvalue weighted by Crippen LogP contribution is -2.51. The molecule has 1 heterocycles. The fraction of sp³-hybridized carbons (Fsp3) is 0.778. The van der Waals surface area contributed by atoms with Gasteiger partial charge in [0.2, 0.25) is 11.8 Å². The number of nitrogens with two attached hydrogens (primary N) is 1. The van der Waals surface area contributed by atoms with Crippen molar-refractivity contribution in [3.05, 3.63) is 0 Å². The van der Waals surface area contributed by atoms with Gasteiger partial charge in [-0.2, -0.15) is 0 Å². The van der Waals surface area contributed by atoms with Crippen molar-refractivity contribution in [1.82, 2.24) is 4.90 Å². The quantitative estimate of drug-likeness (QED) is 0.620. The maximum Gasteiger partial charge on any atom is 0.232 e. The van der Waals surface area contributed by atoms with Crippen LogP contribution in [0.2, 0.25) is 0 Å². The lowest BCUT2D eigenvalue weighted by molar-refractivity contribution is -0.153. The van der Waals surface area contributed by atoms with E-state index in [0.29, 0.717) is 19.4 Å². The van der Waals surface area contributed by atoms with Crippen molar-refractivity contribution in [2.75, 3.05) is 6.54 Å². The number of rotatable bonds is 2. The van der Waals surface area contributed by atoms with E-state index in [2.05, 4.69) is 0 Å². The maximum atomic E-state index is 11.6. The smallest absolute Gasteiger partial charge is 0.232 e. The molecule has 0 spiro atoms. The van der Waals surface area contributed by atoms with Crippen molar-refractivity contribution >= 4 is 11.8 Å². The summed E-state index contributed by atoms with van der Waals surface area (Å²) in [5, 5.41) is 0. The number of imide groups is 1. The van der Waals surface area contributed by atoms with Crippen LogP contribution < -0.4 is 5.73 Å². The molecule has 74 valence electrons. The first kappa shape index (κ1) is 10.2. The molecule has 1 aliphatic rings. The predicted octanol–water partition coefficient (Wildman–Crippen LogP) is 0.119. The molecular weight excluding hydrogens is 168 g/mol. The first-order valence-electron chi connectivity index (χ1n) is 4.64. The third kappa shape index (κ3) is 1.88. The summed E-state index contributed by atoms with van der Waals surface area (Å²) in [7, 11) is 0. The van der Waals surface area contributed by atoms with Gasteiger partial charge in [-0.05, 0) is 13.3 Å². The minimum Gasteiger partial charge on any atom is -0.328 e. The Morgan fingerprint density at radius 3 is 2.77 bits per heavy atom. The number of piperidine rings is 1. The summed E-state index contributed by atoms with van der Waals surface area (Å²) in [6, 6.07) is -0.164. The topological polar surface area (TPSA) is 63.4 Å². The van der Waals surface area contributed by atoms with E-state index < -0.39 is 0 Å². The highest BCUT2D eigenvalue weighted by atomic mass is 16.2. The van der Waals surface area contributed by atoms with Crippen molar-refractivity contribution in [3.63, 3.8) is 0 Å². The van der Waals surface area contributed by atoms with E-state index in [1.807, 2.05) is 6.92 Å². The molecular formula is C9H16N2O2. The normalized spacial score (nSPS) is 26.4. The number of hydrogen-bond donors (Lipinski definition) is 1. The molecule has 0 saturated carbocycles. The van der Waals surface area contributed by atoms with Crippen LogP contribution in [-0.4, -0.2) is 29.3 Å². The van der Waals surface area contributed by atoms with Crippen molar-refractivity contribution in [1.29, 1.82) is 0 Å². The maximum absolute atomic E-state index is 11.6. The highest BCUT2D eigenvalue weighted by molar-refractivity contribution is 5.98. The fourth-order valence-corrected chi connectivity index (χ4v) is 1.51. The fourth-order valence-electron chi connectivity index (χ4n) is 1.51. The lowest BCUT2D eigenvalue weighted by atomic mass is 9.97. The summed E-state index contributed by atoms with van der Waals surface area (Å²) in [6.45, 7) is 3.99. The summed E-state index contributed by atoms with van der Waals surface area (Å²) < 4.78 is 0. The molecule has 0 aromatic carbocycles. The average molecular weight is 184 g/mol. The zero-order valence-electron chi connectivity index (χ0n) is 8.12. The van der Waals surface area contributed by atoms with Crippen molar-refractivity contribution in [2.24, 2.45) is 11.7 Å². The molecule has 1 aliphatic heterocycles. The highest BCUT2D eigenvalue weighted by Crippen LogP contribution is 2.20. The van der Waals surface area contributed by atoms with Crippen LogP contribution in [0.15, 0.2) is 0 Å².